The van der Waals surface area contributed by atoms with Crippen LogP contribution in [0.4, 0.5) is 0 Å². The number of amides is 3. The summed E-state index contributed by atoms with van der Waals surface area (Å²) >= 11 is 5.39. The molecule has 1 aromatic rings. The number of alkyl halides is 1. The molecular weight excluding hydrogens is 506 g/mol. The van der Waals surface area contributed by atoms with Gasteiger partial charge >= 0.3 is 0 Å². The number of nitrogens with one attached hydrogen (secondary N) is 2. The van der Waals surface area contributed by atoms with Crippen LogP contribution in [0, 0.1) is 11.8 Å². The van der Waals surface area contributed by atoms with Crippen molar-refractivity contribution in [1.82, 2.24) is 15.5 Å². The van der Waals surface area contributed by atoms with Crippen LogP contribution in [0.15, 0.2) is 30.3 Å². The SMILES string of the molecule is CC(C)(C)NC(=O)C1N(CCCO)C(=O)[C@@H]2[C@H](C(=O)NCc3ccccc3)[C@H]3SC12CC3Br. The first-order valence-corrected chi connectivity index (χ1v) is 13.3. The number of carbonyl (C=O) groups is 3. The fourth-order valence-electron chi connectivity index (χ4n) is 5.55. The van der Waals surface area contributed by atoms with E-state index in [1.807, 2.05) is 51.1 Å². The first kappa shape index (κ1) is 24.5. The van der Waals surface area contributed by atoms with Crippen molar-refractivity contribution in [2.45, 2.75) is 66.6 Å². The van der Waals surface area contributed by atoms with E-state index in [0.29, 0.717) is 25.9 Å². The van der Waals surface area contributed by atoms with Gasteiger partial charge in [-0.2, -0.15) is 0 Å². The lowest BCUT2D eigenvalue weighted by Crippen LogP contribution is -2.57. The summed E-state index contributed by atoms with van der Waals surface area (Å²) in [6.45, 7) is 6.39. The fraction of sp³-hybridized carbons (Fsp3) is 0.625. The molecule has 3 aliphatic heterocycles. The highest BCUT2D eigenvalue weighted by Crippen LogP contribution is 2.67. The van der Waals surface area contributed by atoms with Crippen LogP contribution < -0.4 is 10.6 Å². The molecule has 0 radical (unpaired) electrons. The number of hydrogen-bond acceptors (Lipinski definition) is 5. The van der Waals surface area contributed by atoms with Gasteiger partial charge in [0.25, 0.3) is 0 Å². The van der Waals surface area contributed by atoms with Crippen LogP contribution in [0.2, 0.25) is 0 Å². The quantitative estimate of drug-likeness (QED) is 0.462. The van der Waals surface area contributed by atoms with Gasteiger partial charge < -0.3 is 20.6 Å². The lowest BCUT2D eigenvalue weighted by atomic mass is 9.70. The number of thioether (sulfide) groups is 1. The van der Waals surface area contributed by atoms with Crippen LogP contribution in [0.3, 0.4) is 0 Å². The second-order valence-corrected chi connectivity index (χ2v) is 12.9. The first-order valence-electron chi connectivity index (χ1n) is 11.5. The Hall–Kier alpha value is -1.58. The van der Waals surface area contributed by atoms with E-state index in [1.165, 1.54) is 0 Å². The number of likely N-dealkylation sites (tertiary alicyclic amines) is 1. The summed E-state index contributed by atoms with van der Waals surface area (Å²) in [5.41, 5.74) is 0.551. The Morgan fingerprint density at radius 3 is 2.58 bits per heavy atom. The van der Waals surface area contributed by atoms with E-state index >= 15 is 0 Å². The standard InChI is InChI=1S/C24H32BrN3O4S/c1-23(2,3)27-21(31)19-24-12-15(25)18(33-24)16(17(24)22(32)28(19)10-7-11-29)20(30)26-13-14-8-5-4-6-9-14/h4-6,8-9,15-19,29H,7,10-13H2,1-3H3,(H,26,30)(H,27,31)/t15?,16-,17-,18-,19?,24?/m0/s1. The summed E-state index contributed by atoms with van der Waals surface area (Å²) < 4.78 is -0.657. The van der Waals surface area contributed by atoms with E-state index in [0.717, 1.165) is 5.56 Å². The molecule has 3 saturated heterocycles. The molecule has 3 heterocycles. The van der Waals surface area contributed by atoms with Gasteiger partial charge in [0.15, 0.2) is 0 Å². The maximum absolute atomic E-state index is 13.7. The highest BCUT2D eigenvalue weighted by atomic mass is 79.9. The summed E-state index contributed by atoms with van der Waals surface area (Å²) in [6.07, 6.45) is 1.05. The zero-order valence-electron chi connectivity index (χ0n) is 19.2. The minimum atomic E-state index is -0.664. The lowest BCUT2D eigenvalue weighted by Gasteiger charge is -2.36. The lowest BCUT2D eigenvalue weighted by molar-refractivity contribution is -0.140. The molecule has 6 atom stereocenters. The Balaban J connectivity index is 1.63. The maximum atomic E-state index is 13.7. The van der Waals surface area contributed by atoms with Crippen LogP contribution in [0.1, 0.15) is 39.2 Å². The number of carbonyl (C=O) groups excluding carboxylic acids is 3. The number of nitrogens with zero attached hydrogens (tertiary/aromatic N) is 1. The van der Waals surface area contributed by atoms with E-state index in [4.69, 9.17) is 0 Å². The average molecular weight is 539 g/mol. The first-order chi connectivity index (χ1) is 15.6. The third kappa shape index (κ3) is 4.44. The highest BCUT2D eigenvalue weighted by molar-refractivity contribution is 9.09. The third-order valence-electron chi connectivity index (χ3n) is 6.71. The molecule has 1 spiro atoms. The van der Waals surface area contributed by atoms with E-state index < -0.39 is 28.2 Å². The van der Waals surface area contributed by atoms with Gasteiger partial charge in [0.2, 0.25) is 17.7 Å². The van der Waals surface area contributed by atoms with Crippen LogP contribution in [0.25, 0.3) is 0 Å². The molecule has 4 rings (SSSR count). The Morgan fingerprint density at radius 1 is 1.24 bits per heavy atom. The van der Waals surface area contributed by atoms with Gasteiger partial charge in [0, 0.05) is 35.3 Å². The molecule has 3 aliphatic rings. The van der Waals surface area contributed by atoms with Crippen molar-refractivity contribution in [3.05, 3.63) is 35.9 Å². The Bertz CT molecular complexity index is 924. The summed E-state index contributed by atoms with van der Waals surface area (Å²) in [4.78, 5) is 42.3. The van der Waals surface area contributed by atoms with Crippen molar-refractivity contribution in [1.29, 1.82) is 0 Å². The second-order valence-electron chi connectivity index (χ2n) is 10.2. The van der Waals surface area contributed by atoms with Crippen LogP contribution >= 0.6 is 27.7 Å². The van der Waals surface area contributed by atoms with E-state index in [-0.39, 0.29) is 34.4 Å². The molecule has 0 aliphatic carbocycles. The predicted octanol–water partition coefficient (Wildman–Crippen LogP) is 2.06. The molecule has 180 valence electrons. The number of fused-ring (bicyclic) bond motifs is 1. The molecule has 1 aromatic carbocycles. The molecule has 3 unspecified atom stereocenters. The third-order valence-corrected chi connectivity index (χ3v) is 9.93. The van der Waals surface area contributed by atoms with E-state index in [2.05, 4.69) is 26.6 Å². The molecule has 3 fully saturated rings. The van der Waals surface area contributed by atoms with E-state index in [9.17, 15) is 19.5 Å². The minimum absolute atomic E-state index is 0.0433. The molecule has 3 N–H and O–H groups in total. The monoisotopic (exact) mass is 537 g/mol. The number of halogens is 1. The topological polar surface area (TPSA) is 98.7 Å². The minimum Gasteiger partial charge on any atom is -0.396 e. The molecule has 2 bridgehead atoms. The van der Waals surface area contributed by atoms with Crippen molar-refractivity contribution in [2.24, 2.45) is 11.8 Å². The van der Waals surface area contributed by atoms with Crippen molar-refractivity contribution < 1.29 is 19.5 Å². The maximum Gasteiger partial charge on any atom is 0.244 e. The number of benzene rings is 1. The molecule has 7 nitrogen and oxygen atoms in total. The van der Waals surface area contributed by atoms with Gasteiger partial charge in [0.1, 0.15) is 6.04 Å². The normalized spacial score (nSPS) is 32.7. The Labute approximate surface area is 207 Å². The number of aliphatic hydroxyl groups excluding tert-OH is 1. The predicted molar refractivity (Wildman–Crippen MR) is 132 cm³/mol. The molecule has 0 saturated carbocycles. The summed E-state index contributed by atoms with van der Waals surface area (Å²) in [5.74, 6) is -1.53. The van der Waals surface area contributed by atoms with Gasteiger partial charge in [-0.1, -0.05) is 46.3 Å². The van der Waals surface area contributed by atoms with Crippen molar-refractivity contribution in [3.63, 3.8) is 0 Å². The zero-order chi connectivity index (χ0) is 24.0. The number of hydrogen-bond donors (Lipinski definition) is 3. The number of aliphatic hydroxyl groups is 1. The van der Waals surface area contributed by atoms with Crippen molar-refractivity contribution >= 4 is 45.4 Å². The van der Waals surface area contributed by atoms with Crippen molar-refractivity contribution in [2.75, 3.05) is 13.2 Å². The smallest absolute Gasteiger partial charge is 0.244 e. The molecule has 9 heteroatoms. The largest absolute Gasteiger partial charge is 0.396 e. The van der Waals surface area contributed by atoms with Crippen LogP contribution in [0.5, 0.6) is 0 Å². The second kappa shape index (κ2) is 9.23. The van der Waals surface area contributed by atoms with Gasteiger partial charge in [-0.25, -0.2) is 0 Å². The van der Waals surface area contributed by atoms with E-state index in [1.54, 1.807) is 16.7 Å². The Morgan fingerprint density at radius 2 is 1.94 bits per heavy atom. The van der Waals surface area contributed by atoms with Crippen LogP contribution in [-0.2, 0) is 20.9 Å². The van der Waals surface area contributed by atoms with Crippen molar-refractivity contribution in [3.8, 4) is 0 Å². The van der Waals surface area contributed by atoms with Gasteiger partial charge in [-0.3, -0.25) is 14.4 Å². The zero-order valence-corrected chi connectivity index (χ0v) is 21.6. The molecule has 33 heavy (non-hydrogen) atoms. The molecule has 3 amide bonds. The fourth-order valence-corrected chi connectivity index (χ4v) is 9.17. The summed E-state index contributed by atoms with van der Waals surface area (Å²) in [7, 11) is 0. The van der Waals surface area contributed by atoms with Gasteiger partial charge in [-0.05, 0) is 39.2 Å². The number of rotatable bonds is 7. The van der Waals surface area contributed by atoms with Gasteiger partial charge in [-0.15, -0.1) is 11.8 Å². The molecule has 0 aromatic heterocycles. The highest BCUT2D eigenvalue weighted by Gasteiger charge is 2.75. The Kier molecular flexibility index (Phi) is 6.86. The summed E-state index contributed by atoms with van der Waals surface area (Å²) in [5, 5.41) is 15.4. The van der Waals surface area contributed by atoms with Crippen LogP contribution in [-0.4, -0.2) is 67.3 Å². The molecular formula is C24H32BrN3O4S. The van der Waals surface area contributed by atoms with Gasteiger partial charge in [0.05, 0.1) is 16.6 Å². The average Bonchev–Trinajstić information content (AvgIpc) is 3.33. The summed E-state index contributed by atoms with van der Waals surface area (Å²) in [6, 6.07) is 9.02.